The van der Waals surface area contributed by atoms with Crippen LogP contribution >= 0.6 is 0 Å². The zero-order valence-electron chi connectivity index (χ0n) is 18.7. The van der Waals surface area contributed by atoms with Crippen LogP contribution < -0.4 is 16.8 Å². The number of amides is 2. The van der Waals surface area contributed by atoms with Crippen molar-refractivity contribution in [1.82, 2.24) is 10.2 Å². The van der Waals surface area contributed by atoms with E-state index in [0.717, 1.165) is 49.9 Å². The lowest BCUT2D eigenvalue weighted by atomic mass is 9.66. The average molecular weight is 429 g/mol. The number of carbonyl (C=O) groups excluding carboxylic acids is 2. The summed E-state index contributed by atoms with van der Waals surface area (Å²) in [5, 5.41) is 3.23. The fraction of sp³-hybridized carbons (Fsp3) is 0.667. The second-order valence-corrected chi connectivity index (χ2v) is 9.99. The van der Waals surface area contributed by atoms with Gasteiger partial charge in [-0.1, -0.05) is 18.2 Å². The lowest BCUT2D eigenvalue weighted by molar-refractivity contribution is -0.134. The van der Waals surface area contributed by atoms with Gasteiger partial charge >= 0.3 is 0 Å². The molecule has 0 heterocycles. The fourth-order valence-corrected chi connectivity index (χ4v) is 6.28. The van der Waals surface area contributed by atoms with E-state index in [1.807, 2.05) is 38.2 Å². The van der Waals surface area contributed by atoms with Crippen molar-refractivity contribution in [3.63, 3.8) is 0 Å². The van der Waals surface area contributed by atoms with E-state index < -0.39 is 6.10 Å². The Morgan fingerprint density at radius 1 is 1.23 bits per heavy atom. The third-order valence-corrected chi connectivity index (χ3v) is 7.98. The molecule has 7 heteroatoms. The van der Waals surface area contributed by atoms with Gasteiger partial charge in [0.15, 0.2) is 0 Å². The number of hydrogen-bond acceptors (Lipinski definition) is 5. The Morgan fingerprint density at radius 3 is 2.68 bits per heavy atom. The molecule has 0 radical (unpaired) electrons. The molecule has 1 aromatic rings. The van der Waals surface area contributed by atoms with Crippen LogP contribution in [0, 0.1) is 23.2 Å². The second kappa shape index (κ2) is 8.79. The average Bonchev–Trinajstić information content (AvgIpc) is 3.30. The Hall–Kier alpha value is -2.12. The van der Waals surface area contributed by atoms with Crippen LogP contribution in [0.3, 0.4) is 0 Å². The highest BCUT2D eigenvalue weighted by atomic mass is 16.5. The normalized spacial score (nSPS) is 32.2. The summed E-state index contributed by atoms with van der Waals surface area (Å²) in [6, 6.07) is 7.97. The first-order valence-electron chi connectivity index (χ1n) is 11.5. The molecule has 0 spiro atoms. The van der Waals surface area contributed by atoms with Gasteiger partial charge in [-0.05, 0) is 75.5 Å². The van der Waals surface area contributed by atoms with Crippen molar-refractivity contribution in [1.29, 1.82) is 0 Å². The molecule has 2 amide bonds. The number of carbonyl (C=O) groups is 2. The standard InChI is InChI=1S/C24H36N4O3/c1-15(31-10-9-28(2)14-17-5-3-4-6-20(17)25)22(29)27-21-8-7-16-11-24(23(26)30)12-18(16)19(21)13-24/h3-6,15-16,18-19,21H,7-14,25H2,1-2H3,(H2,26,30)(H,27,29). The number of anilines is 1. The molecule has 4 rings (SSSR count). The van der Waals surface area contributed by atoms with Gasteiger partial charge in [-0.25, -0.2) is 0 Å². The zero-order chi connectivity index (χ0) is 22.2. The van der Waals surface area contributed by atoms with Crippen molar-refractivity contribution in [2.45, 2.75) is 57.7 Å². The number of rotatable bonds is 9. The highest BCUT2D eigenvalue weighted by Crippen LogP contribution is 2.63. The van der Waals surface area contributed by atoms with Gasteiger partial charge in [0.2, 0.25) is 11.8 Å². The predicted octanol–water partition coefficient (Wildman–Crippen LogP) is 1.90. The quantitative estimate of drug-likeness (QED) is 0.520. The van der Waals surface area contributed by atoms with Gasteiger partial charge in [-0.3, -0.25) is 14.5 Å². The summed E-state index contributed by atoms with van der Waals surface area (Å²) in [6.07, 6.45) is 4.25. The van der Waals surface area contributed by atoms with Crippen LogP contribution in [-0.4, -0.2) is 49.1 Å². The number of ether oxygens (including phenoxy) is 1. The van der Waals surface area contributed by atoms with Gasteiger partial charge in [0.25, 0.3) is 0 Å². The number of hydrogen-bond donors (Lipinski definition) is 3. The molecule has 6 atom stereocenters. The highest BCUT2D eigenvalue weighted by molar-refractivity contribution is 5.82. The van der Waals surface area contributed by atoms with E-state index >= 15 is 0 Å². The first kappa shape index (κ1) is 22.1. The minimum atomic E-state index is -0.503. The van der Waals surface area contributed by atoms with Crippen LogP contribution in [0.25, 0.3) is 0 Å². The number of benzene rings is 1. The van der Waals surface area contributed by atoms with E-state index in [-0.39, 0.29) is 23.3 Å². The van der Waals surface area contributed by atoms with Gasteiger partial charge < -0.3 is 21.5 Å². The van der Waals surface area contributed by atoms with Crippen LogP contribution in [0.1, 0.15) is 44.6 Å². The Kier molecular flexibility index (Phi) is 6.26. The maximum Gasteiger partial charge on any atom is 0.249 e. The van der Waals surface area contributed by atoms with Crippen LogP contribution in [0.4, 0.5) is 5.69 Å². The summed E-state index contributed by atoms with van der Waals surface area (Å²) in [4.78, 5) is 27.0. The maximum absolute atomic E-state index is 12.8. The number of para-hydroxylation sites is 1. The summed E-state index contributed by atoms with van der Waals surface area (Å²) in [7, 11) is 2.02. The van der Waals surface area contributed by atoms with Gasteiger partial charge in [0.05, 0.1) is 6.61 Å². The predicted molar refractivity (Wildman–Crippen MR) is 120 cm³/mol. The van der Waals surface area contributed by atoms with E-state index in [2.05, 4.69) is 10.2 Å². The smallest absolute Gasteiger partial charge is 0.249 e. The number of nitrogens with two attached hydrogens (primary N) is 2. The number of nitrogens with one attached hydrogen (secondary N) is 1. The Balaban J connectivity index is 1.22. The SMILES string of the molecule is CC(OCCN(C)Cc1ccccc1N)C(=O)NC1CCC2CC3(C(N)=O)CC2C1C3. The molecule has 6 unspecified atom stereocenters. The maximum atomic E-state index is 12.8. The van der Waals surface area contributed by atoms with Crippen LogP contribution in [0.5, 0.6) is 0 Å². The number of fused-ring (bicyclic) bond motifs is 1. The molecule has 0 aliphatic heterocycles. The first-order chi connectivity index (χ1) is 14.8. The van der Waals surface area contributed by atoms with Gasteiger partial charge in [0, 0.05) is 30.2 Å². The monoisotopic (exact) mass is 428 g/mol. The molecule has 0 aromatic heterocycles. The molecule has 5 N–H and O–H groups in total. The second-order valence-electron chi connectivity index (χ2n) is 9.99. The summed E-state index contributed by atoms with van der Waals surface area (Å²) < 4.78 is 5.82. The number of likely N-dealkylation sites (N-methyl/N-ethyl adjacent to an activating group) is 1. The van der Waals surface area contributed by atoms with Gasteiger partial charge in [-0.15, -0.1) is 0 Å². The number of primary amides is 1. The lowest BCUT2D eigenvalue weighted by Gasteiger charge is -2.43. The minimum Gasteiger partial charge on any atom is -0.398 e. The van der Waals surface area contributed by atoms with E-state index in [9.17, 15) is 9.59 Å². The third kappa shape index (κ3) is 4.44. The van der Waals surface area contributed by atoms with E-state index in [1.165, 1.54) is 0 Å². The molecular formula is C24H36N4O3. The van der Waals surface area contributed by atoms with Crippen molar-refractivity contribution in [3.8, 4) is 0 Å². The van der Waals surface area contributed by atoms with E-state index in [4.69, 9.17) is 16.2 Å². The molecule has 3 aliphatic carbocycles. The Morgan fingerprint density at radius 2 is 1.97 bits per heavy atom. The van der Waals surface area contributed by atoms with Crippen LogP contribution in [0.2, 0.25) is 0 Å². The van der Waals surface area contributed by atoms with Crippen LogP contribution in [-0.2, 0) is 20.9 Å². The molecule has 3 saturated carbocycles. The van der Waals surface area contributed by atoms with Gasteiger partial charge in [-0.2, -0.15) is 0 Å². The molecule has 3 aliphatic rings. The number of nitrogen functional groups attached to an aromatic ring is 1. The summed E-state index contributed by atoms with van der Waals surface area (Å²) >= 11 is 0. The molecular weight excluding hydrogens is 392 g/mol. The summed E-state index contributed by atoms with van der Waals surface area (Å²) in [5.74, 6) is 1.30. The van der Waals surface area contributed by atoms with Crippen molar-refractivity contribution in [2.24, 2.45) is 28.9 Å². The first-order valence-corrected chi connectivity index (χ1v) is 11.5. The summed E-state index contributed by atoms with van der Waals surface area (Å²) in [6.45, 7) is 3.73. The topological polar surface area (TPSA) is 111 Å². The third-order valence-electron chi connectivity index (χ3n) is 7.98. The molecule has 3 fully saturated rings. The molecule has 1 aromatic carbocycles. The fourth-order valence-electron chi connectivity index (χ4n) is 6.28. The minimum absolute atomic E-state index is 0.0608. The Bertz CT molecular complexity index is 831. The van der Waals surface area contributed by atoms with Crippen molar-refractivity contribution < 1.29 is 14.3 Å². The summed E-state index contributed by atoms with van der Waals surface area (Å²) in [5.41, 5.74) is 13.3. The van der Waals surface area contributed by atoms with Crippen molar-refractivity contribution in [2.75, 3.05) is 25.9 Å². The van der Waals surface area contributed by atoms with Gasteiger partial charge in [0.1, 0.15) is 6.10 Å². The number of nitrogens with zero attached hydrogens (tertiary/aromatic N) is 1. The Labute approximate surface area is 184 Å². The molecule has 31 heavy (non-hydrogen) atoms. The molecule has 170 valence electrons. The van der Waals surface area contributed by atoms with Crippen molar-refractivity contribution in [3.05, 3.63) is 29.8 Å². The molecule has 7 nitrogen and oxygen atoms in total. The lowest BCUT2D eigenvalue weighted by Crippen LogP contribution is -2.51. The van der Waals surface area contributed by atoms with Crippen LogP contribution in [0.15, 0.2) is 24.3 Å². The highest BCUT2D eigenvalue weighted by Gasteiger charge is 2.61. The van der Waals surface area contributed by atoms with Crippen molar-refractivity contribution >= 4 is 17.5 Å². The zero-order valence-corrected chi connectivity index (χ0v) is 18.7. The molecule has 0 saturated heterocycles. The van der Waals surface area contributed by atoms with E-state index in [0.29, 0.717) is 30.9 Å². The molecule has 2 bridgehead atoms. The largest absolute Gasteiger partial charge is 0.398 e. The van der Waals surface area contributed by atoms with E-state index in [1.54, 1.807) is 0 Å².